The van der Waals surface area contributed by atoms with Crippen molar-refractivity contribution in [1.29, 1.82) is 0 Å². The Kier molecular flexibility index (Phi) is 6.54. The van der Waals surface area contributed by atoms with Gasteiger partial charge >= 0.3 is 0 Å². The normalized spacial score (nSPS) is 24.4. The van der Waals surface area contributed by atoms with Crippen LogP contribution in [0, 0.1) is 0 Å². The average molecular weight is 391 g/mol. The number of fused-ring (bicyclic) bond motifs is 1. The van der Waals surface area contributed by atoms with E-state index in [2.05, 4.69) is 22.9 Å². The van der Waals surface area contributed by atoms with Crippen molar-refractivity contribution in [2.24, 2.45) is 0 Å². The van der Waals surface area contributed by atoms with Crippen molar-refractivity contribution >= 4 is 18.5 Å². The number of hydrogen-bond acceptors (Lipinski definition) is 6. The number of rotatable bonds is 7. The summed E-state index contributed by atoms with van der Waals surface area (Å²) in [5, 5.41) is 33.3. The van der Waals surface area contributed by atoms with E-state index in [9.17, 15) is 20.1 Å². The van der Waals surface area contributed by atoms with E-state index in [4.69, 9.17) is 0 Å². The number of thiol groups is 1. The second-order valence-corrected chi connectivity index (χ2v) is 7.18. The van der Waals surface area contributed by atoms with Gasteiger partial charge in [0.1, 0.15) is 24.1 Å². The van der Waals surface area contributed by atoms with Gasteiger partial charge in [-0.2, -0.15) is 12.6 Å². The summed E-state index contributed by atoms with van der Waals surface area (Å²) in [5.74, 6) is 0.555. The van der Waals surface area contributed by atoms with E-state index in [1.807, 2.05) is 30.3 Å². The minimum atomic E-state index is -1.25. The molecule has 0 fully saturated rings. The number of benzene rings is 1. The molecule has 0 radical (unpaired) electrons. The maximum absolute atomic E-state index is 12.0. The van der Waals surface area contributed by atoms with E-state index < -0.39 is 24.3 Å². The highest BCUT2D eigenvalue weighted by molar-refractivity contribution is 7.80. The standard InChI is InChI=1S/C19H25N3O4S/c23-11-14-17(25)18(26)16(21-15(24)8-9-27)19-20-13(10-22(14)19)7-6-12-4-2-1-3-5-12/h1-5,10,14,16-18,23,25-27H,6-9,11H2,(H,21,24)/t14-,16-,17-,18-/m1/s1. The molecule has 1 aromatic carbocycles. The van der Waals surface area contributed by atoms with E-state index in [1.54, 1.807) is 10.8 Å². The predicted octanol–water partition coefficient (Wildman–Crippen LogP) is 0.414. The summed E-state index contributed by atoms with van der Waals surface area (Å²) in [7, 11) is 0. The smallest absolute Gasteiger partial charge is 0.221 e. The van der Waals surface area contributed by atoms with Crippen LogP contribution in [-0.2, 0) is 17.6 Å². The lowest BCUT2D eigenvalue weighted by atomic mass is 9.94. The summed E-state index contributed by atoms with van der Waals surface area (Å²) in [4.78, 5) is 16.6. The Labute approximate surface area is 163 Å². The topological polar surface area (TPSA) is 108 Å². The first-order chi connectivity index (χ1) is 13.0. The number of aliphatic hydroxyl groups is 3. The molecule has 4 N–H and O–H groups in total. The molecule has 146 valence electrons. The van der Waals surface area contributed by atoms with Crippen molar-refractivity contribution in [3.05, 3.63) is 53.6 Å². The van der Waals surface area contributed by atoms with Crippen LogP contribution >= 0.6 is 12.6 Å². The molecule has 8 heteroatoms. The average Bonchev–Trinajstić information content (AvgIpc) is 3.09. The van der Waals surface area contributed by atoms with Gasteiger partial charge in [-0.3, -0.25) is 4.79 Å². The first-order valence-electron chi connectivity index (χ1n) is 9.04. The molecule has 4 atom stereocenters. The lowest BCUT2D eigenvalue weighted by molar-refractivity contribution is -0.125. The zero-order valence-corrected chi connectivity index (χ0v) is 15.8. The molecule has 1 amide bonds. The van der Waals surface area contributed by atoms with E-state index in [0.29, 0.717) is 18.0 Å². The molecule has 0 spiro atoms. The van der Waals surface area contributed by atoms with Crippen LogP contribution in [-0.4, -0.2) is 55.3 Å². The maximum Gasteiger partial charge on any atom is 0.221 e. The Morgan fingerprint density at radius 1 is 1.19 bits per heavy atom. The van der Waals surface area contributed by atoms with Gasteiger partial charge < -0.3 is 25.2 Å². The molecule has 1 aliphatic heterocycles. The number of nitrogens with zero attached hydrogens (tertiary/aromatic N) is 2. The van der Waals surface area contributed by atoms with Crippen LogP contribution in [0.4, 0.5) is 0 Å². The fourth-order valence-corrected chi connectivity index (χ4v) is 3.63. The Morgan fingerprint density at radius 3 is 2.59 bits per heavy atom. The SMILES string of the molecule is O=C(CCS)N[C@H]1c2nc(CCc3ccccc3)cn2[C@H](CO)[C@@H](O)[C@@H]1O. The maximum atomic E-state index is 12.0. The number of aliphatic hydroxyl groups excluding tert-OH is 3. The first-order valence-corrected chi connectivity index (χ1v) is 9.67. The Bertz CT molecular complexity index is 768. The number of carbonyl (C=O) groups is 1. The third-order valence-corrected chi connectivity index (χ3v) is 5.11. The van der Waals surface area contributed by atoms with Gasteiger partial charge in [-0.05, 0) is 24.2 Å². The fourth-order valence-electron chi connectivity index (χ4n) is 3.43. The molecule has 2 aromatic rings. The highest BCUT2D eigenvalue weighted by Gasteiger charge is 2.42. The van der Waals surface area contributed by atoms with E-state index in [1.165, 1.54) is 5.56 Å². The van der Waals surface area contributed by atoms with Gasteiger partial charge in [0.25, 0.3) is 0 Å². The second-order valence-electron chi connectivity index (χ2n) is 6.73. The molecule has 0 unspecified atom stereocenters. The molecule has 27 heavy (non-hydrogen) atoms. The monoisotopic (exact) mass is 391 g/mol. The summed E-state index contributed by atoms with van der Waals surface area (Å²) in [5.41, 5.74) is 1.96. The number of aromatic nitrogens is 2. The predicted molar refractivity (Wildman–Crippen MR) is 104 cm³/mol. The number of imidazole rings is 1. The molecule has 0 bridgehead atoms. The van der Waals surface area contributed by atoms with Crippen LogP contribution in [0.15, 0.2) is 36.5 Å². The molecule has 0 aliphatic carbocycles. The number of hydrogen-bond donors (Lipinski definition) is 5. The van der Waals surface area contributed by atoms with Gasteiger partial charge in [-0.15, -0.1) is 0 Å². The van der Waals surface area contributed by atoms with E-state index in [0.717, 1.165) is 12.1 Å². The van der Waals surface area contributed by atoms with Crippen LogP contribution in [0.5, 0.6) is 0 Å². The van der Waals surface area contributed by atoms with Crippen molar-refractivity contribution < 1.29 is 20.1 Å². The highest BCUT2D eigenvalue weighted by Crippen LogP contribution is 2.32. The minimum absolute atomic E-state index is 0.202. The van der Waals surface area contributed by atoms with Gasteiger partial charge in [0.05, 0.1) is 18.3 Å². The summed E-state index contributed by atoms with van der Waals surface area (Å²) < 4.78 is 1.67. The molecule has 0 saturated heterocycles. The third-order valence-electron chi connectivity index (χ3n) is 4.89. The molecule has 3 rings (SSSR count). The largest absolute Gasteiger partial charge is 0.394 e. The van der Waals surface area contributed by atoms with E-state index in [-0.39, 0.29) is 18.9 Å². The number of aryl methyl sites for hydroxylation is 2. The van der Waals surface area contributed by atoms with Crippen molar-refractivity contribution in [2.45, 2.75) is 43.6 Å². The summed E-state index contributed by atoms with van der Waals surface area (Å²) in [6.07, 6.45) is 0.997. The quantitative estimate of drug-likeness (QED) is 0.440. The number of carbonyl (C=O) groups excluding carboxylic acids is 1. The van der Waals surface area contributed by atoms with Gasteiger partial charge in [-0.1, -0.05) is 30.3 Å². The number of amides is 1. The minimum Gasteiger partial charge on any atom is -0.394 e. The molecule has 7 nitrogen and oxygen atoms in total. The summed E-state index contributed by atoms with van der Waals surface area (Å²) >= 11 is 4.04. The molecular weight excluding hydrogens is 366 g/mol. The third kappa shape index (κ3) is 4.35. The van der Waals surface area contributed by atoms with Crippen molar-refractivity contribution in [3.63, 3.8) is 0 Å². The zero-order chi connectivity index (χ0) is 19.4. The van der Waals surface area contributed by atoms with Crippen LogP contribution in [0.3, 0.4) is 0 Å². The van der Waals surface area contributed by atoms with Crippen molar-refractivity contribution in [1.82, 2.24) is 14.9 Å². The van der Waals surface area contributed by atoms with Crippen LogP contribution < -0.4 is 5.32 Å². The molecule has 1 aliphatic rings. The Morgan fingerprint density at radius 2 is 1.93 bits per heavy atom. The highest BCUT2D eigenvalue weighted by atomic mass is 32.1. The summed E-state index contributed by atoms with van der Waals surface area (Å²) in [6, 6.07) is 8.48. The van der Waals surface area contributed by atoms with Gasteiger partial charge in [0.15, 0.2) is 0 Å². The zero-order valence-electron chi connectivity index (χ0n) is 14.9. The lowest BCUT2D eigenvalue weighted by Crippen LogP contribution is -2.51. The Hall–Kier alpha value is -1.87. The Balaban J connectivity index is 1.84. The molecule has 2 heterocycles. The molecule has 0 saturated carbocycles. The lowest BCUT2D eigenvalue weighted by Gasteiger charge is -2.38. The van der Waals surface area contributed by atoms with Gasteiger partial charge in [-0.25, -0.2) is 4.98 Å². The van der Waals surface area contributed by atoms with Crippen molar-refractivity contribution in [3.8, 4) is 0 Å². The van der Waals surface area contributed by atoms with Crippen LogP contribution in [0.2, 0.25) is 0 Å². The second kappa shape index (κ2) is 8.88. The van der Waals surface area contributed by atoms with E-state index >= 15 is 0 Å². The molecular formula is C19H25N3O4S. The van der Waals surface area contributed by atoms with Gasteiger partial charge in [0.2, 0.25) is 5.91 Å². The first kappa shape index (κ1) is 19.9. The molecule has 1 aromatic heterocycles. The van der Waals surface area contributed by atoms with Gasteiger partial charge in [0, 0.05) is 12.6 Å². The number of nitrogens with one attached hydrogen (secondary N) is 1. The summed E-state index contributed by atoms with van der Waals surface area (Å²) in [6.45, 7) is -0.336. The fraction of sp³-hybridized carbons (Fsp3) is 0.474. The van der Waals surface area contributed by atoms with Crippen LogP contribution in [0.1, 0.15) is 35.6 Å². The van der Waals surface area contributed by atoms with Crippen molar-refractivity contribution in [2.75, 3.05) is 12.4 Å². The van der Waals surface area contributed by atoms with Crippen LogP contribution in [0.25, 0.3) is 0 Å².